The van der Waals surface area contributed by atoms with Crippen molar-refractivity contribution in [3.05, 3.63) is 108 Å². The van der Waals surface area contributed by atoms with Crippen LogP contribution in [0.3, 0.4) is 0 Å². The van der Waals surface area contributed by atoms with Gasteiger partial charge in [0, 0.05) is 23.1 Å². The number of hydrogen-bond acceptors (Lipinski definition) is 3. The van der Waals surface area contributed by atoms with E-state index in [-0.39, 0.29) is 11.6 Å². The Labute approximate surface area is 157 Å². The maximum atomic E-state index is 12.7. The zero-order valence-corrected chi connectivity index (χ0v) is 14.6. The Hall–Kier alpha value is -3.86. The smallest absolute Gasteiger partial charge is 0.273 e. The minimum absolute atomic E-state index is 0.108. The number of anilines is 2. The van der Waals surface area contributed by atoms with Crippen molar-refractivity contribution < 1.29 is 9.59 Å². The summed E-state index contributed by atoms with van der Waals surface area (Å²) in [6.07, 6.45) is 1.48. The monoisotopic (exact) mass is 357 g/mol. The Kier molecular flexibility index (Phi) is 5.99. The molecule has 0 heterocycles. The molecule has 0 spiro atoms. The molecule has 0 fully saturated rings. The van der Waals surface area contributed by atoms with Gasteiger partial charge in [-0.05, 0) is 36.4 Å². The van der Waals surface area contributed by atoms with Crippen LogP contribution < -0.4 is 16.0 Å². The van der Waals surface area contributed by atoms with Crippen molar-refractivity contribution in [2.24, 2.45) is 0 Å². The quantitative estimate of drug-likeness (QED) is 0.584. The van der Waals surface area contributed by atoms with Crippen LogP contribution in [-0.4, -0.2) is 11.8 Å². The van der Waals surface area contributed by atoms with E-state index in [0.29, 0.717) is 11.3 Å². The van der Waals surface area contributed by atoms with Gasteiger partial charge in [0.15, 0.2) is 0 Å². The van der Waals surface area contributed by atoms with Gasteiger partial charge >= 0.3 is 0 Å². The van der Waals surface area contributed by atoms with Crippen LogP contribution >= 0.6 is 0 Å². The maximum absolute atomic E-state index is 12.7. The molecule has 0 saturated carbocycles. The van der Waals surface area contributed by atoms with Crippen molar-refractivity contribution in [3.8, 4) is 0 Å². The molecule has 0 radical (unpaired) electrons. The zero-order chi connectivity index (χ0) is 18.9. The Bertz CT molecular complexity index is 924. The normalized spacial score (nSPS) is 10.7. The van der Waals surface area contributed by atoms with E-state index in [1.165, 1.54) is 6.20 Å². The molecule has 5 nitrogen and oxygen atoms in total. The third-order valence-electron chi connectivity index (χ3n) is 3.72. The van der Waals surface area contributed by atoms with E-state index < -0.39 is 5.91 Å². The fourth-order valence-electron chi connectivity index (χ4n) is 2.35. The molecule has 0 saturated heterocycles. The van der Waals surface area contributed by atoms with Crippen LogP contribution in [0.1, 0.15) is 10.4 Å². The third-order valence-corrected chi connectivity index (χ3v) is 3.72. The van der Waals surface area contributed by atoms with Crippen molar-refractivity contribution in [3.63, 3.8) is 0 Å². The van der Waals surface area contributed by atoms with Gasteiger partial charge in [-0.25, -0.2) is 0 Å². The first kappa shape index (κ1) is 17.9. The molecule has 0 aliphatic carbocycles. The Morgan fingerprint density at radius 2 is 1.19 bits per heavy atom. The number of hydrogen-bond donors (Lipinski definition) is 3. The minimum Gasteiger partial charge on any atom is -0.360 e. The first-order valence-corrected chi connectivity index (χ1v) is 8.47. The molecule has 0 aliphatic heterocycles. The molecule has 2 amide bonds. The van der Waals surface area contributed by atoms with Gasteiger partial charge in [-0.2, -0.15) is 0 Å². The predicted octanol–water partition coefficient (Wildman–Crippen LogP) is 4.01. The second-order valence-corrected chi connectivity index (χ2v) is 5.71. The molecular weight excluding hydrogens is 338 g/mol. The molecule has 0 bridgehead atoms. The summed E-state index contributed by atoms with van der Waals surface area (Å²) in [5.41, 5.74) is 2.02. The third kappa shape index (κ3) is 5.31. The molecule has 0 aromatic heterocycles. The number of para-hydroxylation sites is 2. The molecule has 3 aromatic rings. The Morgan fingerprint density at radius 1 is 0.667 bits per heavy atom. The van der Waals surface area contributed by atoms with Crippen LogP contribution in [0.25, 0.3) is 0 Å². The lowest BCUT2D eigenvalue weighted by Gasteiger charge is -2.12. The summed E-state index contributed by atoms with van der Waals surface area (Å²) >= 11 is 0. The molecule has 3 aromatic carbocycles. The van der Waals surface area contributed by atoms with Crippen molar-refractivity contribution in [2.45, 2.75) is 0 Å². The van der Waals surface area contributed by atoms with Gasteiger partial charge in [-0.1, -0.05) is 54.6 Å². The highest BCUT2D eigenvalue weighted by Gasteiger charge is 2.14. The number of carbonyl (C=O) groups is 2. The lowest BCUT2D eigenvalue weighted by atomic mass is 10.2. The average Bonchev–Trinajstić information content (AvgIpc) is 2.73. The lowest BCUT2D eigenvalue weighted by molar-refractivity contribution is -0.113. The molecule has 27 heavy (non-hydrogen) atoms. The van der Waals surface area contributed by atoms with E-state index in [2.05, 4.69) is 16.0 Å². The number of amides is 2. The van der Waals surface area contributed by atoms with E-state index in [1.54, 1.807) is 36.4 Å². The zero-order valence-electron chi connectivity index (χ0n) is 14.6. The first-order chi connectivity index (χ1) is 13.2. The molecule has 5 heteroatoms. The largest absolute Gasteiger partial charge is 0.360 e. The number of nitrogens with one attached hydrogen (secondary N) is 3. The van der Waals surface area contributed by atoms with Gasteiger partial charge in [-0.15, -0.1) is 0 Å². The topological polar surface area (TPSA) is 70.2 Å². The number of benzene rings is 3. The number of rotatable bonds is 6. The highest BCUT2D eigenvalue weighted by molar-refractivity contribution is 6.08. The fraction of sp³-hybridized carbons (Fsp3) is 0. The molecule has 134 valence electrons. The van der Waals surface area contributed by atoms with E-state index in [1.807, 2.05) is 54.6 Å². The van der Waals surface area contributed by atoms with Crippen molar-refractivity contribution in [1.29, 1.82) is 0 Å². The standard InChI is InChI=1S/C22H19N3O2/c26-21(17-10-4-1-5-11-17)25-20(16-23-18-12-6-2-7-13-18)22(27)24-19-14-8-3-9-15-19/h1-16,23H,(H,24,27)(H,25,26)/b20-16+. The van der Waals surface area contributed by atoms with Gasteiger partial charge < -0.3 is 16.0 Å². The summed E-state index contributed by atoms with van der Waals surface area (Å²) in [4.78, 5) is 25.1. The highest BCUT2D eigenvalue weighted by Crippen LogP contribution is 2.09. The van der Waals surface area contributed by atoms with Crippen molar-refractivity contribution >= 4 is 23.2 Å². The van der Waals surface area contributed by atoms with Crippen molar-refractivity contribution in [2.75, 3.05) is 10.6 Å². The molecule has 3 rings (SSSR count). The summed E-state index contributed by atoms with van der Waals surface area (Å²) in [5.74, 6) is -0.783. The SMILES string of the molecule is O=C(Nc1ccccc1)/C(=C\Nc1ccccc1)NC(=O)c1ccccc1. The van der Waals surface area contributed by atoms with Crippen LogP contribution in [0.5, 0.6) is 0 Å². The second-order valence-electron chi connectivity index (χ2n) is 5.71. The summed E-state index contributed by atoms with van der Waals surface area (Å²) in [5, 5.41) is 8.48. The van der Waals surface area contributed by atoms with Crippen LogP contribution in [0.2, 0.25) is 0 Å². The van der Waals surface area contributed by atoms with Gasteiger partial charge in [0.2, 0.25) is 0 Å². The van der Waals surface area contributed by atoms with Gasteiger partial charge in [0.25, 0.3) is 11.8 Å². The molecule has 0 unspecified atom stereocenters. The van der Waals surface area contributed by atoms with Crippen LogP contribution in [0.15, 0.2) is 103 Å². The lowest BCUT2D eigenvalue weighted by Crippen LogP contribution is -2.31. The molecule has 0 atom stereocenters. The second kappa shape index (κ2) is 9.01. The first-order valence-electron chi connectivity index (χ1n) is 8.47. The number of carbonyl (C=O) groups excluding carboxylic acids is 2. The molecular formula is C22H19N3O2. The molecule has 3 N–H and O–H groups in total. The summed E-state index contributed by atoms with van der Waals surface area (Å²) < 4.78 is 0. The Morgan fingerprint density at radius 3 is 1.78 bits per heavy atom. The highest BCUT2D eigenvalue weighted by atomic mass is 16.2. The average molecular weight is 357 g/mol. The Balaban J connectivity index is 1.79. The van der Waals surface area contributed by atoms with E-state index in [9.17, 15) is 9.59 Å². The fourth-order valence-corrected chi connectivity index (χ4v) is 2.35. The predicted molar refractivity (Wildman–Crippen MR) is 107 cm³/mol. The minimum atomic E-state index is -0.422. The summed E-state index contributed by atoms with van der Waals surface area (Å²) in [7, 11) is 0. The maximum Gasteiger partial charge on any atom is 0.273 e. The van der Waals surface area contributed by atoms with Gasteiger partial charge in [0.05, 0.1) is 0 Å². The van der Waals surface area contributed by atoms with Crippen molar-refractivity contribution in [1.82, 2.24) is 5.32 Å². The van der Waals surface area contributed by atoms with Gasteiger partial charge in [0.1, 0.15) is 5.70 Å². The summed E-state index contributed by atoms with van der Waals surface area (Å²) in [6.45, 7) is 0. The van der Waals surface area contributed by atoms with Crippen LogP contribution in [0.4, 0.5) is 11.4 Å². The van der Waals surface area contributed by atoms with E-state index in [0.717, 1.165) is 5.69 Å². The van der Waals surface area contributed by atoms with Gasteiger partial charge in [-0.3, -0.25) is 9.59 Å². The van der Waals surface area contributed by atoms with E-state index >= 15 is 0 Å². The van der Waals surface area contributed by atoms with Crippen LogP contribution in [-0.2, 0) is 4.79 Å². The van der Waals surface area contributed by atoms with Crippen LogP contribution in [0, 0.1) is 0 Å². The molecule has 0 aliphatic rings. The summed E-state index contributed by atoms with van der Waals surface area (Å²) in [6, 6.07) is 27.2. The van der Waals surface area contributed by atoms with E-state index in [4.69, 9.17) is 0 Å².